The SMILES string of the molecule is Cc1cccc(Cc2nc(CCNS(=O)(=O)c3c(C)cc(C)cc3C)n[nH]2)c1. The smallest absolute Gasteiger partial charge is 0.241 e. The van der Waals surface area contributed by atoms with Crippen molar-refractivity contribution in [2.45, 2.75) is 45.4 Å². The zero-order chi connectivity index (χ0) is 20.3. The fraction of sp³-hybridized carbons (Fsp3) is 0.333. The number of aryl methyl sites for hydroxylation is 4. The van der Waals surface area contributed by atoms with E-state index >= 15 is 0 Å². The maximum Gasteiger partial charge on any atom is 0.241 e. The molecule has 0 spiro atoms. The standard InChI is InChI=1S/C21H26N4O2S/c1-14-6-5-7-18(12-14)13-20-23-19(24-25-20)8-9-22-28(26,27)21-16(3)10-15(2)11-17(21)4/h5-7,10-12,22H,8-9,13H2,1-4H3,(H,23,24,25). The minimum atomic E-state index is -3.57. The molecule has 0 aliphatic carbocycles. The summed E-state index contributed by atoms with van der Waals surface area (Å²) in [5.41, 5.74) is 4.92. The molecule has 0 unspecified atom stereocenters. The molecule has 3 rings (SSSR count). The lowest BCUT2D eigenvalue weighted by Gasteiger charge is -2.12. The molecule has 0 bridgehead atoms. The molecule has 28 heavy (non-hydrogen) atoms. The Hall–Kier alpha value is -2.51. The van der Waals surface area contributed by atoms with Crippen molar-refractivity contribution in [3.05, 3.63) is 75.9 Å². The molecule has 0 saturated heterocycles. The predicted octanol–water partition coefficient (Wildman–Crippen LogP) is 3.15. The summed E-state index contributed by atoms with van der Waals surface area (Å²) in [7, 11) is -3.57. The molecule has 0 atom stereocenters. The van der Waals surface area contributed by atoms with Crippen molar-refractivity contribution in [2.75, 3.05) is 6.54 Å². The number of rotatable bonds is 7. The van der Waals surface area contributed by atoms with Crippen LogP contribution in [0.1, 0.15) is 39.5 Å². The molecule has 0 radical (unpaired) electrons. The van der Waals surface area contributed by atoms with Crippen LogP contribution in [0.15, 0.2) is 41.3 Å². The van der Waals surface area contributed by atoms with Gasteiger partial charge in [-0.3, -0.25) is 5.10 Å². The molecule has 2 aromatic carbocycles. The average molecular weight is 399 g/mol. The number of aromatic amines is 1. The summed E-state index contributed by atoms with van der Waals surface area (Å²) in [6.07, 6.45) is 1.09. The molecular formula is C21H26N4O2S. The summed E-state index contributed by atoms with van der Waals surface area (Å²) in [4.78, 5) is 4.83. The van der Waals surface area contributed by atoms with Crippen molar-refractivity contribution in [2.24, 2.45) is 0 Å². The van der Waals surface area contributed by atoms with Gasteiger partial charge in [0, 0.05) is 19.4 Å². The van der Waals surface area contributed by atoms with E-state index in [1.807, 2.05) is 39.0 Å². The fourth-order valence-electron chi connectivity index (χ4n) is 3.50. The third kappa shape index (κ3) is 4.85. The van der Waals surface area contributed by atoms with Crippen molar-refractivity contribution in [3.8, 4) is 0 Å². The van der Waals surface area contributed by atoms with Gasteiger partial charge in [0.2, 0.25) is 10.0 Å². The summed E-state index contributed by atoms with van der Waals surface area (Å²) < 4.78 is 28.1. The first kappa shape index (κ1) is 20.2. The van der Waals surface area contributed by atoms with Gasteiger partial charge in [0.05, 0.1) is 4.90 Å². The molecule has 0 amide bonds. The lowest BCUT2D eigenvalue weighted by atomic mass is 10.1. The van der Waals surface area contributed by atoms with Gasteiger partial charge in [0.1, 0.15) is 5.82 Å². The lowest BCUT2D eigenvalue weighted by Crippen LogP contribution is -2.27. The Morgan fingerprint density at radius 2 is 1.71 bits per heavy atom. The first-order chi connectivity index (χ1) is 13.2. The molecular weight excluding hydrogens is 372 g/mol. The second-order valence-electron chi connectivity index (χ2n) is 7.24. The number of aromatic nitrogens is 3. The van der Waals surface area contributed by atoms with E-state index in [2.05, 4.69) is 45.0 Å². The third-order valence-electron chi connectivity index (χ3n) is 4.55. The summed E-state index contributed by atoms with van der Waals surface area (Å²) in [6, 6.07) is 12.0. The van der Waals surface area contributed by atoms with Gasteiger partial charge in [-0.1, -0.05) is 47.5 Å². The van der Waals surface area contributed by atoms with Crippen molar-refractivity contribution in [1.82, 2.24) is 19.9 Å². The Kier molecular flexibility index (Phi) is 5.96. The molecule has 3 aromatic rings. The van der Waals surface area contributed by atoms with Crippen LogP contribution in [0.25, 0.3) is 0 Å². The van der Waals surface area contributed by atoms with Gasteiger partial charge in [-0.25, -0.2) is 18.1 Å². The van der Waals surface area contributed by atoms with E-state index in [0.29, 0.717) is 23.6 Å². The zero-order valence-corrected chi connectivity index (χ0v) is 17.5. The van der Waals surface area contributed by atoms with Crippen LogP contribution in [0.3, 0.4) is 0 Å². The fourth-order valence-corrected chi connectivity index (χ4v) is 4.98. The maximum atomic E-state index is 12.7. The van der Waals surface area contributed by atoms with Crippen LogP contribution in [0.4, 0.5) is 0 Å². The Bertz CT molecular complexity index is 1060. The Morgan fingerprint density at radius 3 is 2.39 bits per heavy atom. The average Bonchev–Trinajstić information content (AvgIpc) is 3.00. The predicted molar refractivity (Wildman–Crippen MR) is 110 cm³/mol. The highest BCUT2D eigenvalue weighted by Gasteiger charge is 2.19. The van der Waals surface area contributed by atoms with Gasteiger partial charge in [-0.15, -0.1) is 0 Å². The first-order valence-electron chi connectivity index (χ1n) is 9.28. The van der Waals surface area contributed by atoms with Crippen molar-refractivity contribution in [1.29, 1.82) is 0 Å². The van der Waals surface area contributed by atoms with E-state index in [-0.39, 0.29) is 6.54 Å². The highest BCUT2D eigenvalue weighted by Crippen LogP contribution is 2.21. The molecule has 2 N–H and O–H groups in total. The molecule has 0 aliphatic heterocycles. The van der Waals surface area contributed by atoms with Crippen LogP contribution < -0.4 is 4.72 Å². The number of sulfonamides is 1. The van der Waals surface area contributed by atoms with Crippen LogP contribution in [-0.2, 0) is 22.9 Å². The van der Waals surface area contributed by atoms with E-state index < -0.39 is 10.0 Å². The highest BCUT2D eigenvalue weighted by molar-refractivity contribution is 7.89. The Morgan fingerprint density at radius 1 is 1.00 bits per heavy atom. The molecule has 1 aromatic heterocycles. The van der Waals surface area contributed by atoms with Gasteiger partial charge in [0.25, 0.3) is 0 Å². The minimum Gasteiger partial charge on any atom is -0.263 e. The largest absolute Gasteiger partial charge is 0.263 e. The topological polar surface area (TPSA) is 87.7 Å². The van der Waals surface area contributed by atoms with Gasteiger partial charge in [-0.05, 0) is 44.4 Å². The molecule has 0 fully saturated rings. The van der Waals surface area contributed by atoms with Crippen LogP contribution in [0, 0.1) is 27.7 Å². The number of hydrogen-bond donors (Lipinski definition) is 2. The quantitative estimate of drug-likeness (QED) is 0.640. The second-order valence-corrected chi connectivity index (χ2v) is 8.94. The Labute approximate surface area is 166 Å². The summed E-state index contributed by atoms with van der Waals surface area (Å²) in [5.74, 6) is 1.37. The minimum absolute atomic E-state index is 0.247. The van der Waals surface area contributed by atoms with Crippen molar-refractivity contribution < 1.29 is 8.42 Å². The van der Waals surface area contributed by atoms with E-state index in [9.17, 15) is 8.42 Å². The molecule has 6 nitrogen and oxygen atoms in total. The number of H-pyrrole nitrogens is 1. The van der Waals surface area contributed by atoms with Crippen LogP contribution in [0.5, 0.6) is 0 Å². The second kappa shape index (κ2) is 8.24. The summed E-state index contributed by atoms with van der Waals surface area (Å²) in [6.45, 7) is 7.90. The maximum absolute atomic E-state index is 12.7. The van der Waals surface area contributed by atoms with Gasteiger partial charge >= 0.3 is 0 Å². The molecule has 1 heterocycles. The molecule has 7 heteroatoms. The number of hydrogen-bond acceptors (Lipinski definition) is 4. The normalized spacial score (nSPS) is 11.7. The lowest BCUT2D eigenvalue weighted by molar-refractivity contribution is 0.579. The first-order valence-corrected chi connectivity index (χ1v) is 10.8. The Balaban J connectivity index is 1.62. The van der Waals surface area contributed by atoms with Gasteiger partial charge in [-0.2, -0.15) is 5.10 Å². The molecule has 148 valence electrons. The van der Waals surface area contributed by atoms with Crippen LogP contribution >= 0.6 is 0 Å². The van der Waals surface area contributed by atoms with Gasteiger partial charge < -0.3 is 0 Å². The van der Waals surface area contributed by atoms with E-state index in [1.54, 1.807) is 0 Å². The zero-order valence-electron chi connectivity index (χ0n) is 16.7. The summed E-state index contributed by atoms with van der Waals surface area (Å²) >= 11 is 0. The molecule has 0 saturated carbocycles. The van der Waals surface area contributed by atoms with Gasteiger partial charge in [0.15, 0.2) is 5.82 Å². The van der Waals surface area contributed by atoms with E-state index in [4.69, 9.17) is 0 Å². The summed E-state index contributed by atoms with van der Waals surface area (Å²) in [5, 5.41) is 7.14. The number of nitrogens with zero attached hydrogens (tertiary/aromatic N) is 2. The van der Waals surface area contributed by atoms with Crippen molar-refractivity contribution in [3.63, 3.8) is 0 Å². The van der Waals surface area contributed by atoms with Crippen LogP contribution in [-0.4, -0.2) is 30.1 Å². The highest BCUT2D eigenvalue weighted by atomic mass is 32.2. The van der Waals surface area contributed by atoms with E-state index in [1.165, 1.54) is 5.56 Å². The third-order valence-corrected chi connectivity index (χ3v) is 6.31. The molecule has 0 aliphatic rings. The van der Waals surface area contributed by atoms with Crippen molar-refractivity contribution >= 4 is 10.0 Å². The number of benzene rings is 2. The van der Waals surface area contributed by atoms with Crippen LogP contribution in [0.2, 0.25) is 0 Å². The monoisotopic (exact) mass is 398 g/mol. The van der Waals surface area contributed by atoms with E-state index in [0.717, 1.165) is 28.1 Å². The number of nitrogens with one attached hydrogen (secondary N) is 2.